The Balaban J connectivity index is 1.42. The van der Waals surface area contributed by atoms with Crippen molar-refractivity contribution in [2.75, 3.05) is 26.6 Å². The Morgan fingerprint density at radius 1 is 0.946 bits per heavy atom. The van der Waals surface area contributed by atoms with Crippen molar-refractivity contribution in [3.05, 3.63) is 78.1 Å². The van der Waals surface area contributed by atoms with E-state index < -0.39 is 0 Å². The van der Waals surface area contributed by atoms with Gasteiger partial charge in [0, 0.05) is 30.2 Å². The normalized spacial score (nSPS) is 10.8. The molecule has 4 aromatic rings. The van der Waals surface area contributed by atoms with Crippen LogP contribution in [-0.2, 0) is 4.79 Å². The lowest BCUT2D eigenvalue weighted by Crippen LogP contribution is -2.07. The topological polar surface area (TPSA) is 110 Å². The number of imidazole rings is 1. The van der Waals surface area contributed by atoms with Crippen LogP contribution in [0.4, 0.5) is 5.69 Å². The third-order valence-electron chi connectivity index (χ3n) is 5.33. The monoisotopic (exact) mass is 501 g/mol. The van der Waals surface area contributed by atoms with Crippen LogP contribution in [0.3, 0.4) is 0 Å². The predicted octanol–water partition coefficient (Wildman–Crippen LogP) is 4.75. The first-order valence-corrected chi connectivity index (χ1v) is 11.3. The molecule has 0 radical (unpaired) electrons. The number of hydrogen-bond acceptors (Lipinski definition) is 8. The van der Waals surface area contributed by atoms with Gasteiger partial charge in [0.25, 0.3) is 0 Å². The van der Waals surface area contributed by atoms with Crippen molar-refractivity contribution in [2.45, 2.75) is 13.8 Å². The van der Waals surface area contributed by atoms with Crippen molar-refractivity contribution < 1.29 is 23.7 Å². The summed E-state index contributed by atoms with van der Waals surface area (Å²) in [6, 6.07) is 12.2. The molecule has 2 heterocycles. The van der Waals surface area contributed by atoms with Crippen LogP contribution in [0.15, 0.2) is 60.9 Å². The van der Waals surface area contributed by atoms with E-state index in [-0.39, 0.29) is 5.91 Å². The smallest absolute Gasteiger partial charge is 0.248 e. The van der Waals surface area contributed by atoms with E-state index in [0.717, 1.165) is 11.4 Å². The van der Waals surface area contributed by atoms with Crippen LogP contribution in [0.25, 0.3) is 11.9 Å². The van der Waals surface area contributed by atoms with Gasteiger partial charge in [-0.3, -0.25) is 9.36 Å². The largest absolute Gasteiger partial charge is 0.493 e. The van der Waals surface area contributed by atoms with E-state index in [1.165, 1.54) is 27.4 Å². The molecular formula is C27H27N5O5. The fraction of sp³-hybridized carbons (Fsp3) is 0.185. The molecule has 0 bridgehead atoms. The highest BCUT2D eigenvalue weighted by Gasteiger charge is 2.12. The lowest BCUT2D eigenvalue weighted by molar-refractivity contribution is -0.111. The van der Waals surface area contributed by atoms with Crippen molar-refractivity contribution >= 4 is 17.7 Å². The summed E-state index contributed by atoms with van der Waals surface area (Å²) in [6.07, 6.45) is 6.62. The summed E-state index contributed by atoms with van der Waals surface area (Å²) in [5, 5.41) is 2.82. The Labute approximate surface area is 214 Å². The number of hydrogen-bond donors (Lipinski definition) is 1. The fourth-order valence-electron chi connectivity index (χ4n) is 3.60. The summed E-state index contributed by atoms with van der Waals surface area (Å²) in [7, 11) is 4.61. The van der Waals surface area contributed by atoms with E-state index in [1.807, 2.05) is 17.7 Å². The highest BCUT2D eigenvalue weighted by atomic mass is 16.5. The van der Waals surface area contributed by atoms with E-state index in [0.29, 0.717) is 46.2 Å². The molecule has 37 heavy (non-hydrogen) atoms. The Hall–Kier alpha value is -4.86. The molecule has 10 heteroatoms. The first kappa shape index (κ1) is 25.2. The molecule has 1 N–H and O–H groups in total. The standard InChI is InChI=1S/C27H27N5O5/c1-17-29-24(32-13-12-28-18(32)2)16-26(30-17)37-21-9-7-20(8-10-21)31-25(33)11-6-19-14-22(34-3)27(36-5)23(15-19)35-4/h6-16H,1-5H3,(H,31,33)/b11-6+. The number of benzene rings is 2. The number of ether oxygens (including phenoxy) is 4. The molecule has 0 aliphatic rings. The average Bonchev–Trinajstić information content (AvgIpc) is 3.33. The SMILES string of the molecule is COc1cc(/C=C/C(=O)Nc2ccc(Oc3cc(-n4ccnc4C)nc(C)n3)cc2)cc(OC)c1OC. The molecule has 0 atom stereocenters. The minimum atomic E-state index is -0.297. The number of methoxy groups -OCH3 is 3. The van der Waals surface area contributed by atoms with Gasteiger partial charge in [0.05, 0.1) is 21.3 Å². The second-order valence-corrected chi connectivity index (χ2v) is 7.86. The molecule has 0 fully saturated rings. The molecule has 0 saturated heterocycles. The van der Waals surface area contributed by atoms with Crippen molar-refractivity contribution in [3.63, 3.8) is 0 Å². The number of amides is 1. The van der Waals surface area contributed by atoms with Gasteiger partial charge in [-0.1, -0.05) is 0 Å². The summed E-state index contributed by atoms with van der Waals surface area (Å²) < 4.78 is 23.8. The maximum absolute atomic E-state index is 12.5. The maximum Gasteiger partial charge on any atom is 0.248 e. The van der Waals surface area contributed by atoms with Crippen molar-refractivity contribution in [1.82, 2.24) is 19.5 Å². The van der Waals surface area contributed by atoms with Gasteiger partial charge in [-0.15, -0.1) is 0 Å². The van der Waals surface area contributed by atoms with E-state index in [9.17, 15) is 4.79 Å². The number of anilines is 1. The zero-order valence-corrected chi connectivity index (χ0v) is 21.2. The third-order valence-corrected chi connectivity index (χ3v) is 5.33. The maximum atomic E-state index is 12.5. The lowest BCUT2D eigenvalue weighted by Gasteiger charge is -2.12. The fourth-order valence-corrected chi connectivity index (χ4v) is 3.60. The zero-order valence-electron chi connectivity index (χ0n) is 21.2. The molecular weight excluding hydrogens is 474 g/mol. The van der Waals surface area contributed by atoms with Crippen molar-refractivity contribution in [3.8, 4) is 34.7 Å². The number of aromatic nitrogens is 4. The van der Waals surface area contributed by atoms with E-state index in [4.69, 9.17) is 18.9 Å². The third kappa shape index (κ3) is 6.04. The van der Waals surface area contributed by atoms with Crippen LogP contribution in [0.2, 0.25) is 0 Å². The summed E-state index contributed by atoms with van der Waals surface area (Å²) in [4.78, 5) is 25.5. The number of nitrogens with zero attached hydrogens (tertiary/aromatic N) is 4. The van der Waals surface area contributed by atoms with Gasteiger partial charge >= 0.3 is 0 Å². The van der Waals surface area contributed by atoms with Crippen LogP contribution in [0, 0.1) is 13.8 Å². The molecule has 0 aliphatic carbocycles. The number of rotatable bonds is 9. The van der Waals surface area contributed by atoms with Gasteiger partial charge in [0.1, 0.15) is 23.2 Å². The average molecular weight is 502 g/mol. The first-order chi connectivity index (χ1) is 17.9. The molecule has 0 aliphatic heterocycles. The minimum Gasteiger partial charge on any atom is -0.493 e. The van der Waals surface area contributed by atoms with Crippen LogP contribution < -0.4 is 24.3 Å². The quantitative estimate of drug-likeness (QED) is 0.327. The second kappa shape index (κ2) is 11.3. The van der Waals surface area contributed by atoms with E-state index >= 15 is 0 Å². The molecule has 2 aromatic heterocycles. The summed E-state index contributed by atoms with van der Waals surface area (Å²) in [5.74, 6) is 4.21. The number of carbonyl (C=O) groups excluding carboxylic acids is 1. The Morgan fingerprint density at radius 2 is 1.65 bits per heavy atom. The van der Waals surface area contributed by atoms with Gasteiger partial charge < -0.3 is 24.3 Å². The summed E-state index contributed by atoms with van der Waals surface area (Å²) >= 11 is 0. The molecule has 190 valence electrons. The summed E-state index contributed by atoms with van der Waals surface area (Å²) in [6.45, 7) is 3.69. The Kier molecular flexibility index (Phi) is 7.68. The highest BCUT2D eigenvalue weighted by molar-refractivity contribution is 6.02. The van der Waals surface area contributed by atoms with E-state index in [2.05, 4.69) is 20.3 Å². The van der Waals surface area contributed by atoms with Crippen LogP contribution >= 0.6 is 0 Å². The first-order valence-electron chi connectivity index (χ1n) is 11.3. The molecule has 1 amide bonds. The van der Waals surface area contributed by atoms with Crippen LogP contribution in [0.5, 0.6) is 28.9 Å². The lowest BCUT2D eigenvalue weighted by atomic mass is 10.1. The summed E-state index contributed by atoms with van der Waals surface area (Å²) in [5.41, 5.74) is 1.33. The second-order valence-electron chi connectivity index (χ2n) is 7.86. The minimum absolute atomic E-state index is 0.297. The molecule has 4 rings (SSSR count). The molecule has 0 spiro atoms. The number of nitrogens with one attached hydrogen (secondary N) is 1. The Bertz CT molecular complexity index is 1400. The van der Waals surface area contributed by atoms with Crippen LogP contribution in [-0.4, -0.2) is 46.8 Å². The van der Waals surface area contributed by atoms with Gasteiger partial charge in [-0.2, -0.15) is 4.98 Å². The van der Waals surface area contributed by atoms with E-state index in [1.54, 1.807) is 61.7 Å². The van der Waals surface area contributed by atoms with Crippen LogP contribution in [0.1, 0.15) is 17.2 Å². The van der Waals surface area contributed by atoms with Crippen molar-refractivity contribution in [1.29, 1.82) is 0 Å². The van der Waals surface area contributed by atoms with Crippen molar-refractivity contribution in [2.24, 2.45) is 0 Å². The van der Waals surface area contributed by atoms with Gasteiger partial charge in [0.15, 0.2) is 11.5 Å². The molecule has 0 unspecified atom stereocenters. The molecule has 10 nitrogen and oxygen atoms in total. The number of carbonyl (C=O) groups is 1. The highest BCUT2D eigenvalue weighted by Crippen LogP contribution is 2.38. The number of aryl methyl sites for hydroxylation is 2. The molecule has 0 saturated carbocycles. The van der Waals surface area contributed by atoms with Gasteiger partial charge in [-0.05, 0) is 61.9 Å². The van der Waals surface area contributed by atoms with Gasteiger partial charge in [0.2, 0.25) is 17.5 Å². The Morgan fingerprint density at radius 3 is 2.24 bits per heavy atom. The predicted molar refractivity (Wildman–Crippen MR) is 139 cm³/mol. The zero-order chi connectivity index (χ0) is 26.4. The molecule has 2 aromatic carbocycles. The van der Waals surface area contributed by atoms with Gasteiger partial charge in [-0.25, -0.2) is 9.97 Å².